The second-order valence-corrected chi connectivity index (χ2v) is 5.74. The molecular formula is C15H24O4. The summed E-state index contributed by atoms with van der Waals surface area (Å²) in [5, 5.41) is 0. The minimum Gasteiger partial charge on any atom is -0.466 e. The van der Waals surface area contributed by atoms with Gasteiger partial charge in [-0.3, -0.25) is 0 Å². The molecule has 108 valence electrons. The van der Waals surface area contributed by atoms with Crippen LogP contribution in [0.2, 0.25) is 0 Å². The van der Waals surface area contributed by atoms with Crippen LogP contribution in [-0.2, 0) is 19.0 Å². The van der Waals surface area contributed by atoms with Crippen LogP contribution in [0, 0.1) is 11.3 Å². The highest BCUT2D eigenvalue weighted by atomic mass is 16.7. The molecule has 0 N–H and O–H groups in total. The summed E-state index contributed by atoms with van der Waals surface area (Å²) in [7, 11) is 1.43. The second-order valence-electron chi connectivity index (χ2n) is 5.74. The molecule has 1 aliphatic carbocycles. The van der Waals surface area contributed by atoms with E-state index in [1.807, 2.05) is 6.92 Å². The van der Waals surface area contributed by atoms with Crippen LogP contribution in [-0.4, -0.2) is 32.6 Å². The molecule has 0 radical (unpaired) electrons. The highest BCUT2D eigenvalue weighted by Crippen LogP contribution is 2.49. The van der Waals surface area contributed by atoms with Gasteiger partial charge in [-0.25, -0.2) is 4.79 Å². The van der Waals surface area contributed by atoms with E-state index in [0.717, 1.165) is 25.7 Å². The predicted octanol–water partition coefficient (Wildman–Crippen LogP) is 2.68. The predicted molar refractivity (Wildman–Crippen MR) is 71.5 cm³/mol. The summed E-state index contributed by atoms with van der Waals surface area (Å²) in [6, 6.07) is 0. The molecule has 1 aliphatic heterocycles. The quantitative estimate of drug-likeness (QED) is 0.581. The molecule has 4 nitrogen and oxygen atoms in total. The molecule has 19 heavy (non-hydrogen) atoms. The van der Waals surface area contributed by atoms with Crippen LogP contribution in [0.25, 0.3) is 0 Å². The van der Waals surface area contributed by atoms with Gasteiger partial charge in [0.05, 0.1) is 13.7 Å². The molecule has 3 unspecified atom stereocenters. The summed E-state index contributed by atoms with van der Waals surface area (Å²) in [5.41, 5.74) is 1.30. The molecule has 0 bridgehead atoms. The average Bonchev–Trinajstić information content (AvgIpc) is 2.98. The molecule has 4 heteroatoms. The van der Waals surface area contributed by atoms with Gasteiger partial charge in [-0.05, 0) is 32.1 Å². The Bertz CT molecular complexity index is 363. The molecule has 1 saturated carbocycles. The minimum absolute atomic E-state index is 0.0796. The molecule has 0 aromatic carbocycles. The maximum atomic E-state index is 11.4. The fourth-order valence-corrected chi connectivity index (χ4v) is 3.37. The first-order valence-electron chi connectivity index (χ1n) is 7.10. The first kappa shape index (κ1) is 14.5. The van der Waals surface area contributed by atoms with Crippen LogP contribution in [0.15, 0.2) is 11.6 Å². The van der Waals surface area contributed by atoms with Gasteiger partial charge in [0.15, 0.2) is 6.29 Å². The Labute approximate surface area is 115 Å². The third-order valence-corrected chi connectivity index (χ3v) is 4.34. The summed E-state index contributed by atoms with van der Waals surface area (Å²) >= 11 is 0. The number of esters is 1. The van der Waals surface area contributed by atoms with Crippen molar-refractivity contribution < 1.29 is 19.0 Å². The lowest BCUT2D eigenvalue weighted by molar-refractivity contribution is -0.134. The second kappa shape index (κ2) is 6.06. The van der Waals surface area contributed by atoms with Gasteiger partial charge in [-0.1, -0.05) is 12.5 Å². The van der Waals surface area contributed by atoms with Gasteiger partial charge in [-0.2, -0.15) is 0 Å². The highest BCUT2D eigenvalue weighted by molar-refractivity contribution is 5.82. The summed E-state index contributed by atoms with van der Waals surface area (Å²) in [5.74, 6) is 0.169. The highest BCUT2D eigenvalue weighted by Gasteiger charge is 2.45. The van der Waals surface area contributed by atoms with E-state index < -0.39 is 0 Å². The first-order chi connectivity index (χ1) is 9.09. The van der Waals surface area contributed by atoms with Crippen molar-refractivity contribution in [2.24, 2.45) is 11.3 Å². The number of methoxy groups -OCH3 is 1. The molecular weight excluding hydrogens is 244 g/mol. The largest absolute Gasteiger partial charge is 0.466 e. The average molecular weight is 268 g/mol. The van der Waals surface area contributed by atoms with Gasteiger partial charge in [0.2, 0.25) is 0 Å². The van der Waals surface area contributed by atoms with Crippen molar-refractivity contribution in [1.29, 1.82) is 0 Å². The number of carbonyl (C=O) groups excluding carboxylic acids is 1. The van der Waals surface area contributed by atoms with Crippen molar-refractivity contribution >= 4 is 5.97 Å². The monoisotopic (exact) mass is 268 g/mol. The zero-order valence-corrected chi connectivity index (χ0v) is 12.1. The molecule has 2 aliphatic rings. The summed E-state index contributed by atoms with van der Waals surface area (Å²) in [4.78, 5) is 11.4. The topological polar surface area (TPSA) is 44.8 Å². The Kier molecular flexibility index (Phi) is 4.63. The molecule has 3 atom stereocenters. The van der Waals surface area contributed by atoms with E-state index >= 15 is 0 Å². The van der Waals surface area contributed by atoms with Crippen LogP contribution in [0.1, 0.15) is 39.5 Å². The van der Waals surface area contributed by atoms with Crippen LogP contribution in [0.5, 0.6) is 0 Å². The van der Waals surface area contributed by atoms with Gasteiger partial charge in [0, 0.05) is 24.5 Å². The van der Waals surface area contributed by atoms with E-state index in [-0.39, 0.29) is 17.7 Å². The Morgan fingerprint density at radius 2 is 2.37 bits per heavy atom. The fourth-order valence-electron chi connectivity index (χ4n) is 3.37. The molecule has 2 rings (SSSR count). The molecule has 0 spiro atoms. The van der Waals surface area contributed by atoms with Crippen molar-refractivity contribution in [1.82, 2.24) is 0 Å². The number of ether oxygens (including phenoxy) is 3. The van der Waals surface area contributed by atoms with Gasteiger partial charge < -0.3 is 14.2 Å². The molecule has 1 heterocycles. The summed E-state index contributed by atoms with van der Waals surface area (Å²) in [6.45, 7) is 5.61. The van der Waals surface area contributed by atoms with Gasteiger partial charge in [-0.15, -0.1) is 0 Å². The molecule has 0 aromatic rings. The smallest absolute Gasteiger partial charge is 0.330 e. The molecule has 0 amide bonds. The number of hydrogen-bond donors (Lipinski definition) is 0. The Morgan fingerprint density at radius 3 is 3.05 bits per heavy atom. The van der Waals surface area contributed by atoms with E-state index in [2.05, 4.69) is 6.92 Å². The number of rotatable bonds is 4. The number of carbonyl (C=O) groups is 1. The third kappa shape index (κ3) is 3.18. The lowest BCUT2D eigenvalue weighted by Crippen LogP contribution is -2.28. The van der Waals surface area contributed by atoms with Gasteiger partial charge >= 0.3 is 5.97 Å². The fraction of sp³-hybridized carbons (Fsp3) is 0.800. The lowest BCUT2D eigenvalue weighted by Gasteiger charge is -2.30. The molecule has 0 aromatic heterocycles. The molecule has 1 saturated heterocycles. The zero-order chi connectivity index (χ0) is 13.9. The van der Waals surface area contributed by atoms with E-state index in [1.165, 1.54) is 12.7 Å². The van der Waals surface area contributed by atoms with Crippen LogP contribution < -0.4 is 0 Å². The first-order valence-corrected chi connectivity index (χ1v) is 7.10. The summed E-state index contributed by atoms with van der Waals surface area (Å²) < 4.78 is 16.0. The Hall–Kier alpha value is -0.870. The van der Waals surface area contributed by atoms with E-state index in [1.54, 1.807) is 6.08 Å². The number of hydrogen-bond acceptors (Lipinski definition) is 4. The normalized spacial score (nSPS) is 36.9. The number of allylic oxidation sites excluding steroid dienone is 1. The lowest BCUT2D eigenvalue weighted by atomic mass is 9.73. The van der Waals surface area contributed by atoms with Crippen molar-refractivity contribution in [2.45, 2.75) is 45.8 Å². The van der Waals surface area contributed by atoms with Crippen molar-refractivity contribution in [3.8, 4) is 0 Å². The molecule has 2 fully saturated rings. The van der Waals surface area contributed by atoms with Crippen LogP contribution in [0.4, 0.5) is 0 Å². The third-order valence-electron chi connectivity index (χ3n) is 4.34. The van der Waals surface area contributed by atoms with Crippen molar-refractivity contribution in [2.75, 3.05) is 20.3 Å². The standard InChI is InChI=1S/C15H24O4/c1-4-18-14-9-15(2,10-19-14)12-7-5-6-11(12)8-13(16)17-3/h8,12,14H,4-7,9-10H2,1-3H3/b11-8+. The Morgan fingerprint density at radius 1 is 1.58 bits per heavy atom. The Balaban J connectivity index is 2.08. The SMILES string of the molecule is CCOC1CC(C)(C2CCC/C2=C\C(=O)OC)CO1. The van der Waals surface area contributed by atoms with Crippen LogP contribution in [0.3, 0.4) is 0 Å². The summed E-state index contributed by atoms with van der Waals surface area (Å²) in [6.07, 6.45) is 5.76. The minimum atomic E-state index is -0.245. The van der Waals surface area contributed by atoms with Gasteiger partial charge in [0.1, 0.15) is 0 Å². The van der Waals surface area contributed by atoms with E-state index in [4.69, 9.17) is 14.2 Å². The zero-order valence-electron chi connectivity index (χ0n) is 12.1. The van der Waals surface area contributed by atoms with Crippen LogP contribution >= 0.6 is 0 Å². The van der Waals surface area contributed by atoms with E-state index in [0.29, 0.717) is 19.1 Å². The van der Waals surface area contributed by atoms with Crippen molar-refractivity contribution in [3.05, 3.63) is 11.6 Å². The maximum absolute atomic E-state index is 11.4. The maximum Gasteiger partial charge on any atom is 0.330 e. The van der Waals surface area contributed by atoms with Gasteiger partial charge in [0.25, 0.3) is 0 Å². The van der Waals surface area contributed by atoms with Crippen molar-refractivity contribution in [3.63, 3.8) is 0 Å². The van der Waals surface area contributed by atoms with E-state index in [9.17, 15) is 4.79 Å².